The van der Waals surface area contributed by atoms with Crippen molar-refractivity contribution in [2.24, 2.45) is 0 Å². The average molecular weight is 169 g/mol. The van der Waals surface area contributed by atoms with Gasteiger partial charge in [0.2, 0.25) is 0 Å². The number of carboxylic acids is 1. The Morgan fingerprint density at radius 2 is 1.83 bits per heavy atom. The molecule has 0 aromatic rings. The highest BCUT2D eigenvalue weighted by atomic mass is 16.4. The predicted molar refractivity (Wildman–Crippen MR) is 45.6 cm³/mol. The van der Waals surface area contributed by atoms with Gasteiger partial charge in [-0.1, -0.05) is 13.2 Å². The van der Waals surface area contributed by atoms with Crippen molar-refractivity contribution in [3.05, 3.63) is 25.3 Å². The third-order valence-electron chi connectivity index (χ3n) is 1.55. The van der Waals surface area contributed by atoms with Crippen LogP contribution in [0.1, 0.15) is 6.42 Å². The number of quaternary nitrogens is 1. The second-order valence-electron chi connectivity index (χ2n) is 2.61. The molecule has 0 spiro atoms. The first kappa shape index (κ1) is 10.9. The Kier molecular flexibility index (Phi) is 6.01. The normalized spacial score (nSPS) is 9.75. The lowest BCUT2D eigenvalue weighted by Gasteiger charge is -2.15. The second-order valence-corrected chi connectivity index (χ2v) is 2.61. The largest absolute Gasteiger partial charge is 0.550 e. The number of carbonyl (C=O) groups is 1. The molecule has 68 valence electrons. The van der Waals surface area contributed by atoms with Gasteiger partial charge in [0.25, 0.3) is 0 Å². The third-order valence-corrected chi connectivity index (χ3v) is 1.55. The van der Waals surface area contributed by atoms with Crippen LogP contribution >= 0.6 is 0 Å². The maximum atomic E-state index is 10.1. The summed E-state index contributed by atoms with van der Waals surface area (Å²) >= 11 is 0. The summed E-state index contributed by atoms with van der Waals surface area (Å²) < 4.78 is 0. The maximum Gasteiger partial charge on any atom is 0.0957 e. The zero-order valence-electron chi connectivity index (χ0n) is 7.21. The molecule has 1 N–H and O–H groups in total. The van der Waals surface area contributed by atoms with E-state index in [-0.39, 0.29) is 6.42 Å². The summed E-state index contributed by atoms with van der Waals surface area (Å²) in [4.78, 5) is 11.3. The molecule has 0 unspecified atom stereocenters. The van der Waals surface area contributed by atoms with E-state index in [1.807, 2.05) is 0 Å². The molecule has 0 rings (SSSR count). The number of carbonyl (C=O) groups excluding carboxylic acids is 1. The van der Waals surface area contributed by atoms with Crippen LogP contribution in [-0.4, -0.2) is 25.6 Å². The number of rotatable bonds is 7. The highest BCUT2D eigenvalue weighted by Crippen LogP contribution is 1.68. The van der Waals surface area contributed by atoms with Crippen LogP contribution in [0.15, 0.2) is 25.3 Å². The van der Waals surface area contributed by atoms with Crippen LogP contribution < -0.4 is 10.0 Å². The fourth-order valence-corrected chi connectivity index (χ4v) is 0.975. The highest BCUT2D eigenvalue weighted by molar-refractivity contribution is 5.64. The molecule has 3 heteroatoms. The number of hydrogen-bond acceptors (Lipinski definition) is 2. The SMILES string of the molecule is C=CC[NH+](CC=C)CCC(=O)[O-]. The van der Waals surface area contributed by atoms with Crippen molar-refractivity contribution in [2.45, 2.75) is 6.42 Å². The van der Waals surface area contributed by atoms with Gasteiger partial charge in [0.05, 0.1) is 19.6 Å². The zero-order chi connectivity index (χ0) is 9.40. The predicted octanol–water partition coefficient (Wildman–Crippen LogP) is -1.62. The van der Waals surface area contributed by atoms with E-state index in [2.05, 4.69) is 13.2 Å². The molecule has 0 saturated carbocycles. The van der Waals surface area contributed by atoms with Crippen molar-refractivity contribution in [1.82, 2.24) is 0 Å². The Hall–Kier alpha value is -1.09. The number of aliphatic carboxylic acids is 1. The van der Waals surface area contributed by atoms with Crippen molar-refractivity contribution >= 4 is 5.97 Å². The van der Waals surface area contributed by atoms with Gasteiger partial charge in [-0.25, -0.2) is 0 Å². The van der Waals surface area contributed by atoms with Gasteiger partial charge in [0.15, 0.2) is 0 Å². The summed E-state index contributed by atoms with van der Waals surface area (Å²) in [6.45, 7) is 9.28. The topological polar surface area (TPSA) is 44.6 Å². The van der Waals surface area contributed by atoms with Crippen molar-refractivity contribution < 1.29 is 14.8 Å². The van der Waals surface area contributed by atoms with Crippen LogP contribution in [0.5, 0.6) is 0 Å². The van der Waals surface area contributed by atoms with E-state index < -0.39 is 5.97 Å². The molecule has 0 radical (unpaired) electrons. The Balaban J connectivity index is 3.68. The summed E-state index contributed by atoms with van der Waals surface area (Å²) in [6, 6.07) is 0. The maximum absolute atomic E-state index is 10.1. The third kappa shape index (κ3) is 5.68. The molecule has 12 heavy (non-hydrogen) atoms. The van der Waals surface area contributed by atoms with Gasteiger partial charge in [0, 0.05) is 12.4 Å². The monoisotopic (exact) mass is 169 g/mol. The first-order chi connectivity index (χ1) is 5.70. The lowest BCUT2D eigenvalue weighted by atomic mass is 10.3. The molecule has 0 bridgehead atoms. The van der Waals surface area contributed by atoms with Crippen LogP contribution in [0, 0.1) is 0 Å². The minimum atomic E-state index is -0.999. The fourth-order valence-electron chi connectivity index (χ4n) is 0.975. The van der Waals surface area contributed by atoms with E-state index >= 15 is 0 Å². The Labute approximate surface area is 73.0 Å². The van der Waals surface area contributed by atoms with Gasteiger partial charge < -0.3 is 14.8 Å². The van der Waals surface area contributed by atoms with Crippen LogP contribution in [0.2, 0.25) is 0 Å². The minimum absolute atomic E-state index is 0.0943. The lowest BCUT2D eigenvalue weighted by molar-refractivity contribution is -0.887. The quantitative estimate of drug-likeness (QED) is 0.466. The van der Waals surface area contributed by atoms with Gasteiger partial charge in [-0.15, -0.1) is 0 Å². The average Bonchev–Trinajstić information content (AvgIpc) is 2.01. The van der Waals surface area contributed by atoms with Gasteiger partial charge in [-0.2, -0.15) is 0 Å². The highest BCUT2D eigenvalue weighted by Gasteiger charge is 2.02. The summed E-state index contributed by atoms with van der Waals surface area (Å²) in [7, 11) is 0. The van der Waals surface area contributed by atoms with Crippen molar-refractivity contribution in [1.29, 1.82) is 0 Å². The van der Waals surface area contributed by atoms with Gasteiger partial charge >= 0.3 is 0 Å². The Morgan fingerprint density at radius 1 is 1.33 bits per heavy atom. The zero-order valence-corrected chi connectivity index (χ0v) is 7.21. The molecule has 0 aliphatic heterocycles. The number of carboxylic acid groups (broad SMARTS) is 1. The molecular formula is C9H15NO2. The van der Waals surface area contributed by atoms with E-state index in [4.69, 9.17) is 0 Å². The van der Waals surface area contributed by atoms with Crippen molar-refractivity contribution in [2.75, 3.05) is 19.6 Å². The van der Waals surface area contributed by atoms with E-state index in [1.165, 1.54) is 0 Å². The van der Waals surface area contributed by atoms with Crippen LogP contribution in [0.4, 0.5) is 0 Å². The fraction of sp³-hybridized carbons (Fsp3) is 0.444. The summed E-state index contributed by atoms with van der Waals surface area (Å²) in [5, 5.41) is 10.1. The molecule has 0 amide bonds. The summed E-state index contributed by atoms with van der Waals surface area (Å²) in [5.74, 6) is -0.999. The molecular weight excluding hydrogens is 154 g/mol. The molecule has 0 aromatic carbocycles. The van der Waals surface area contributed by atoms with Crippen LogP contribution in [-0.2, 0) is 4.79 Å². The number of nitrogens with one attached hydrogen (secondary N) is 1. The Bertz CT molecular complexity index is 156. The molecule has 0 saturated heterocycles. The van der Waals surface area contributed by atoms with Crippen molar-refractivity contribution in [3.8, 4) is 0 Å². The lowest BCUT2D eigenvalue weighted by Crippen LogP contribution is -3.11. The van der Waals surface area contributed by atoms with E-state index in [9.17, 15) is 9.90 Å². The molecule has 0 atom stereocenters. The molecule has 0 fully saturated rings. The van der Waals surface area contributed by atoms with Gasteiger partial charge in [0.1, 0.15) is 0 Å². The summed E-state index contributed by atoms with van der Waals surface area (Å²) in [6.07, 6.45) is 3.64. The molecule has 0 aromatic heterocycles. The second kappa shape index (κ2) is 6.61. The van der Waals surface area contributed by atoms with Crippen LogP contribution in [0.3, 0.4) is 0 Å². The van der Waals surface area contributed by atoms with E-state index in [0.29, 0.717) is 6.54 Å². The standard InChI is InChI=1S/C9H15NO2/c1-3-6-10(7-4-2)8-5-9(11)12/h3-4H,1-2,5-8H2,(H,11,12). The molecule has 3 nitrogen and oxygen atoms in total. The Morgan fingerprint density at radius 3 is 2.17 bits per heavy atom. The first-order valence-corrected chi connectivity index (χ1v) is 3.96. The van der Waals surface area contributed by atoms with Gasteiger partial charge in [-0.05, 0) is 12.2 Å². The first-order valence-electron chi connectivity index (χ1n) is 3.96. The molecule has 0 aliphatic carbocycles. The van der Waals surface area contributed by atoms with Crippen LogP contribution in [0.25, 0.3) is 0 Å². The van der Waals surface area contributed by atoms with E-state index in [0.717, 1.165) is 18.0 Å². The molecule has 0 aliphatic rings. The smallest absolute Gasteiger partial charge is 0.0957 e. The van der Waals surface area contributed by atoms with Gasteiger partial charge in [-0.3, -0.25) is 0 Å². The van der Waals surface area contributed by atoms with Crippen molar-refractivity contribution in [3.63, 3.8) is 0 Å². The van der Waals surface area contributed by atoms with E-state index in [1.54, 1.807) is 12.2 Å². The summed E-state index contributed by atoms with van der Waals surface area (Å²) in [5.41, 5.74) is 0. The minimum Gasteiger partial charge on any atom is -0.550 e. The molecule has 0 heterocycles. The number of hydrogen-bond donors (Lipinski definition) is 1.